The third kappa shape index (κ3) is 3.10. The number of carbonyl (C=O) groups excluding carboxylic acids is 3. The second-order valence-electron chi connectivity index (χ2n) is 5.85. The number of rotatable bonds is 3. The molecule has 2 fully saturated rings. The van der Waals surface area contributed by atoms with Crippen molar-refractivity contribution in [3.8, 4) is 0 Å². The van der Waals surface area contributed by atoms with Crippen LogP contribution in [0.15, 0.2) is 24.3 Å². The van der Waals surface area contributed by atoms with Gasteiger partial charge in [0.1, 0.15) is 6.04 Å². The molecule has 1 aromatic rings. The summed E-state index contributed by atoms with van der Waals surface area (Å²) in [6, 6.07) is 5.86. The molecule has 1 aliphatic carbocycles. The normalized spacial score (nSPS) is 22.1. The molecule has 0 aromatic heterocycles. The highest BCUT2D eigenvalue weighted by Gasteiger charge is 2.31. The van der Waals surface area contributed by atoms with Crippen LogP contribution < -0.4 is 16.0 Å². The Bertz CT molecular complexity index is 608. The highest BCUT2D eigenvalue weighted by molar-refractivity contribution is 6.04. The molecule has 1 aliphatic heterocycles. The SMILES string of the molecule is O=C1NC(=O)C(c2cccc(NC(=O)C3CCCCC3)c2)N1. The first-order valence-corrected chi connectivity index (χ1v) is 7.65. The zero-order chi connectivity index (χ0) is 15.5. The molecule has 0 bridgehead atoms. The Morgan fingerprint density at radius 1 is 1.14 bits per heavy atom. The van der Waals surface area contributed by atoms with Crippen molar-refractivity contribution in [1.82, 2.24) is 10.6 Å². The van der Waals surface area contributed by atoms with Gasteiger partial charge in [-0.25, -0.2) is 4.79 Å². The Hall–Kier alpha value is -2.37. The average molecular weight is 301 g/mol. The Morgan fingerprint density at radius 2 is 1.91 bits per heavy atom. The number of hydrogen-bond donors (Lipinski definition) is 3. The number of nitrogens with one attached hydrogen (secondary N) is 3. The van der Waals surface area contributed by atoms with Crippen molar-refractivity contribution in [2.24, 2.45) is 5.92 Å². The molecule has 2 aliphatic rings. The molecular weight excluding hydrogens is 282 g/mol. The van der Waals surface area contributed by atoms with Crippen LogP contribution in [-0.2, 0) is 9.59 Å². The van der Waals surface area contributed by atoms with Crippen molar-refractivity contribution in [2.75, 3.05) is 5.32 Å². The minimum absolute atomic E-state index is 0.0387. The second-order valence-corrected chi connectivity index (χ2v) is 5.85. The minimum Gasteiger partial charge on any atom is -0.326 e. The summed E-state index contributed by atoms with van der Waals surface area (Å²) < 4.78 is 0. The molecule has 22 heavy (non-hydrogen) atoms. The van der Waals surface area contributed by atoms with Crippen LogP contribution in [0.25, 0.3) is 0 Å². The Morgan fingerprint density at radius 3 is 2.59 bits per heavy atom. The maximum Gasteiger partial charge on any atom is 0.322 e. The lowest BCUT2D eigenvalue weighted by Gasteiger charge is -2.21. The molecule has 1 saturated carbocycles. The van der Waals surface area contributed by atoms with E-state index < -0.39 is 12.1 Å². The fourth-order valence-electron chi connectivity index (χ4n) is 3.06. The van der Waals surface area contributed by atoms with Crippen LogP contribution >= 0.6 is 0 Å². The van der Waals surface area contributed by atoms with Crippen LogP contribution in [0.5, 0.6) is 0 Å². The summed E-state index contributed by atoms with van der Waals surface area (Å²) in [5, 5.41) is 7.67. The number of anilines is 1. The summed E-state index contributed by atoms with van der Waals surface area (Å²) in [6.45, 7) is 0. The maximum atomic E-state index is 12.3. The van der Waals surface area contributed by atoms with Crippen molar-refractivity contribution >= 4 is 23.5 Å². The van der Waals surface area contributed by atoms with Crippen molar-refractivity contribution in [2.45, 2.75) is 38.1 Å². The van der Waals surface area contributed by atoms with Gasteiger partial charge in [0.05, 0.1) is 0 Å². The number of imide groups is 1. The summed E-state index contributed by atoms with van der Waals surface area (Å²) in [4.78, 5) is 35.1. The highest BCUT2D eigenvalue weighted by Crippen LogP contribution is 2.26. The van der Waals surface area contributed by atoms with Crippen LogP contribution in [0.1, 0.15) is 43.7 Å². The van der Waals surface area contributed by atoms with Gasteiger partial charge in [-0.2, -0.15) is 0 Å². The molecule has 1 aromatic carbocycles. The summed E-state index contributed by atoms with van der Waals surface area (Å²) >= 11 is 0. The summed E-state index contributed by atoms with van der Waals surface area (Å²) in [5.74, 6) is -0.260. The monoisotopic (exact) mass is 301 g/mol. The lowest BCUT2D eigenvalue weighted by Crippen LogP contribution is -2.25. The van der Waals surface area contributed by atoms with E-state index in [-0.39, 0.29) is 17.7 Å². The van der Waals surface area contributed by atoms with Gasteiger partial charge in [-0.3, -0.25) is 14.9 Å². The third-order valence-corrected chi connectivity index (χ3v) is 4.24. The van der Waals surface area contributed by atoms with Crippen LogP contribution in [0, 0.1) is 5.92 Å². The van der Waals surface area contributed by atoms with Gasteiger partial charge in [0.2, 0.25) is 5.91 Å². The van der Waals surface area contributed by atoms with E-state index in [4.69, 9.17) is 0 Å². The third-order valence-electron chi connectivity index (χ3n) is 4.24. The molecule has 116 valence electrons. The van der Waals surface area contributed by atoms with Gasteiger partial charge >= 0.3 is 6.03 Å². The molecule has 3 N–H and O–H groups in total. The van der Waals surface area contributed by atoms with E-state index >= 15 is 0 Å². The molecule has 3 rings (SSSR count). The zero-order valence-corrected chi connectivity index (χ0v) is 12.2. The van der Waals surface area contributed by atoms with Gasteiger partial charge in [-0.15, -0.1) is 0 Å². The first-order chi connectivity index (χ1) is 10.6. The van der Waals surface area contributed by atoms with E-state index in [9.17, 15) is 14.4 Å². The van der Waals surface area contributed by atoms with Gasteiger partial charge in [0, 0.05) is 11.6 Å². The predicted octanol–water partition coefficient (Wildman–Crippen LogP) is 2.09. The highest BCUT2D eigenvalue weighted by atomic mass is 16.2. The van der Waals surface area contributed by atoms with E-state index in [1.54, 1.807) is 24.3 Å². The van der Waals surface area contributed by atoms with E-state index in [1.165, 1.54) is 6.42 Å². The van der Waals surface area contributed by atoms with E-state index in [1.807, 2.05) is 0 Å². The van der Waals surface area contributed by atoms with E-state index in [0.717, 1.165) is 25.7 Å². The van der Waals surface area contributed by atoms with Crippen LogP contribution in [0.2, 0.25) is 0 Å². The topological polar surface area (TPSA) is 87.3 Å². The van der Waals surface area contributed by atoms with E-state index in [0.29, 0.717) is 11.3 Å². The van der Waals surface area contributed by atoms with Crippen LogP contribution in [0.3, 0.4) is 0 Å². The smallest absolute Gasteiger partial charge is 0.322 e. The summed E-state index contributed by atoms with van der Waals surface area (Å²) in [6.07, 6.45) is 5.29. The first-order valence-electron chi connectivity index (χ1n) is 7.65. The molecule has 1 unspecified atom stereocenters. The van der Waals surface area contributed by atoms with Gasteiger partial charge in [0.25, 0.3) is 5.91 Å². The fraction of sp³-hybridized carbons (Fsp3) is 0.438. The molecule has 4 amide bonds. The van der Waals surface area contributed by atoms with Gasteiger partial charge < -0.3 is 10.6 Å². The molecule has 1 saturated heterocycles. The van der Waals surface area contributed by atoms with E-state index in [2.05, 4.69) is 16.0 Å². The summed E-state index contributed by atoms with van der Waals surface area (Å²) in [7, 11) is 0. The fourth-order valence-corrected chi connectivity index (χ4v) is 3.06. The van der Waals surface area contributed by atoms with Crippen LogP contribution in [0.4, 0.5) is 10.5 Å². The molecular formula is C16H19N3O3. The molecule has 1 atom stereocenters. The van der Waals surface area contributed by atoms with Gasteiger partial charge in [-0.05, 0) is 30.5 Å². The largest absolute Gasteiger partial charge is 0.326 e. The average Bonchev–Trinajstić information content (AvgIpc) is 2.87. The minimum atomic E-state index is -0.695. The molecule has 6 heteroatoms. The quantitative estimate of drug-likeness (QED) is 0.747. The van der Waals surface area contributed by atoms with Gasteiger partial charge in [-0.1, -0.05) is 31.4 Å². The first kappa shape index (κ1) is 14.6. The van der Waals surface area contributed by atoms with Crippen LogP contribution in [-0.4, -0.2) is 17.8 Å². The second kappa shape index (κ2) is 6.17. The van der Waals surface area contributed by atoms with Crippen molar-refractivity contribution in [3.05, 3.63) is 29.8 Å². The number of hydrogen-bond acceptors (Lipinski definition) is 3. The lowest BCUT2D eigenvalue weighted by atomic mass is 9.88. The molecule has 6 nitrogen and oxygen atoms in total. The lowest BCUT2D eigenvalue weighted by molar-refractivity contribution is -0.121. The number of urea groups is 1. The summed E-state index contributed by atoms with van der Waals surface area (Å²) in [5.41, 5.74) is 1.31. The molecule has 0 spiro atoms. The standard InChI is InChI=1S/C16H19N3O3/c20-14(10-5-2-1-3-6-10)17-12-8-4-7-11(9-12)13-15(21)19-16(22)18-13/h4,7-10,13H,1-3,5-6H2,(H,17,20)(H2,18,19,21,22). The molecule has 1 heterocycles. The number of amides is 4. The van der Waals surface area contributed by atoms with Crippen molar-refractivity contribution < 1.29 is 14.4 Å². The van der Waals surface area contributed by atoms with Gasteiger partial charge in [0.15, 0.2) is 0 Å². The predicted molar refractivity (Wildman–Crippen MR) is 81.1 cm³/mol. The maximum absolute atomic E-state index is 12.3. The zero-order valence-electron chi connectivity index (χ0n) is 12.2. The Labute approximate surface area is 128 Å². The number of benzene rings is 1. The van der Waals surface area contributed by atoms with Crippen molar-refractivity contribution in [3.63, 3.8) is 0 Å². The Kier molecular flexibility index (Phi) is 4.09. The molecule has 0 radical (unpaired) electrons. The number of carbonyl (C=O) groups is 3. The van der Waals surface area contributed by atoms with Crippen molar-refractivity contribution in [1.29, 1.82) is 0 Å². The Balaban J connectivity index is 1.70.